The molecule has 0 aromatic heterocycles. The number of piperidine rings is 1. The first-order valence-corrected chi connectivity index (χ1v) is 7.62. The third kappa shape index (κ3) is 2.58. The van der Waals surface area contributed by atoms with Gasteiger partial charge in [-0.25, -0.2) is 0 Å². The zero-order valence-electron chi connectivity index (χ0n) is 12.5. The Labute approximate surface area is 129 Å². The van der Waals surface area contributed by atoms with E-state index in [2.05, 4.69) is 17.5 Å². The number of hydrogen-bond donors (Lipinski definition) is 1. The number of hydrogen-bond acceptors (Lipinski definition) is 3. The number of amides is 1. The summed E-state index contributed by atoms with van der Waals surface area (Å²) >= 11 is 0. The molecule has 0 aliphatic carbocycles. The van der Waals surface area contributed by atoms with Gasteiger partial charge in [-0.1, -0.05) is 6.08 Å². The molecule has 1 aromatic rings. The Morgan fingerprint density at radius 1 is 1.36 bits per heavy atom. The molecule has 5 heteroatoms. The topological polar surface area (TPSA) is 60.9 Å². The predicted octanol–water partition coefficient (Wildman–Crippen LogP) is 2.06. The molecule has 0 unspecified atom stereocenters. The molecule has 1 amide bonds. The van der Waals surface area contributed by atoms with Gasteiger partial charge in [0.2, 0.25) is 5.91 Å². The first kappa shape index (κ1) is 14.6. The molecule has 0 spiro atoms. The minimum Gasteiger partial charge on any atom is -0.481 e. The summed E-state index contributed by atoms with van der Waals surface area (Å²) in [5, 5.41) is 9.06. The lowest BCUT2D eigenvalue weighted by Gasteiger charge is -2.32. The second-order valence-corrected chi connectivity index (χ2v) is 5.88. The van der Waals surface area contributed by atoms with Crippen molar-refractivity contribution in [3.8, 4) is 0 Å². The lowest BCUT2D eigenvalue weighted by Crippen LogP contribution is -2.36. The van der Waals surface area contributed by atoms with Gasteiger partial charge in [-0.3, -0.25) is 9.59 Å². The number of aliphatic carboxylic acids is 1. The van der Waals surface area contributed by atoms with Gasteiger partial charge in [0.25, 0.3) is 0 Å². The number of nitrogens with zero attached hydrogens (tertiary/aromatic N) is 2. The van der Waals surface area contributed by atoms with Crippen LogP contribution in [0.25, 0.3) is 0 Å². The molecule has 0 radical (unpaired) electrons. The van der Waals surface area contributed by atoms with Gasteiger partial charge < -0.3 is 14.9 Å². The molecule has 2 aliphatic heterocycles. The molecule has 1 N–H and O–H groups in total. The quantitative estimate of drug-likeness (QED) is 0.865. The number of carboxylic acid groups (broad SMARTS) is 1. The first-order valence-electron chi connectivity index (χ1n) is 7.62. The third-order valence-electron chi connectivity index (χ3n) is 4.52. The number of carbonyl (C=O) groups is 2. The van der Waals surface area contributed by atoms with E-state index in [4.69, 9.17) is 5.11 Å². The minimum atomic E-state index is -0.695. The lowest BCUT2D eigenvalue weighted by molar-refractivity contribution is -0.142. The van der Waals surface area contributed by atoms with Crippen LogP contribution >= 0.6 is 0 Å². The molecule has 116 valence electrons. The van der Waals surface area contributed by atoms with E-state index >= 15 is 0 Å². The normalized spacial score (nSPS) is 18.5. The zero-order chi connectivity index (χ0) is 15.7. The van der Waals surface area contributed by atoms with E-state index in [1.54, 1.807) is 11.0 Å². The highest BCUT2D eigenvalue weighted by Crippen LogP contribution is 2.33. The highest BCUT2D eigenvalue weighted by molar-refractivity contribution is 6.02. The highest BCUT2D eigenvalue weighted by atomic mass is 16.4. The second kappa shape index (κ2) is 5.83. The van der Waals surface area contributed by atoms with E-state index in [1.807, 2.05) is 12.1 Å². The van der Waals surface area contributed by atoms with Gasteiger partial charge in [0.1, 0.15) is 0 Å². The van der Waals surface area contributed by atoms with Crippen molar-refractivity contribution < 1.29 is 14.7 Å². The van der Waals surface area contributed by atoms with Crippen molar-refractivity contribution in [1.82, 2.24) is 0 Å². The van der Waals surface area contributed by atoms with Gasteiger partial charge >= 0.3 is 5.97 Å². The van der Waals surface area contributed by atoms with Gasteiger partial charge in [-0.2, -0.15) is 0 Å². The fourth-order valence-electron chi connectivity index (χ4n) is 3.28. The zero-order valence-corrected chi connectivity index (χ0v) is 12.5. The molecule has 3 rings (SSSR count). The number of fused-ring (bicyclic) bond motifs is 1. The Bertz CT molecular complexity index is 618. The predicted molar refractivity (Wildman–Crippen MR) is 85.3 cm³/mol. The van der Waals surface area contributed by atoms with E-state index in [9.17, 15) is 9.59 Å². The van der Waals surface area contributed by atoms with E-state index in [-0.39, 0.29) is 11.8 Å². The van der Waals surface area contributed by atoms with Gasteiger partial charge in [0.15, 0.2) is 0 Å². The average Bonchev–Trinajstić information content (AvgIpc) is 2.83. The van der Waals surface area contributed by atoms with E-state index < -0.39 is 5.97 Å². The summed E-state index contributed by atoms with van der Waals surface area (Å²) in [7, 11) is 0. The summed E-state index contributed by atoms with van der Waals surface area (Å²) in [4.78, 5) is 27.0. The molecule has 0 atom stereocenters. The largest absolute Gasteiger partial charge is 0.481 e. The van der Waals surface area contributed by atoms with Crippen LogP contribution in [0.15, 0.2) is 30.9 Å². The van der Waals surface area contributed by atoms with Crippen molar-refractivity contribution in [3.05, 3.63) is 36.4 Å². The summed E-state index contributed by atoms with van der Waals surface area (Å²) in [5.74, 6) is -0.814. The summed E-state index contributed by atoms with van der Waals surface area (Å²) < 4.78 is 0. The number of rotatable bonds is 4. The van der Waals surface area contributed by atoms with Crippen LogP contribution in [0.1, 0.15) is 18.4 Å². The Morgan fingerprint density at radius 3 is 2.73 bits per heavy atom. The first-order chi connectivity index (χ1) is 10.6. The van der Waals surface area contributed by atoms with Crippen molar-refractivity contribution >= 4 is 23.3 Å². The fraction of sp³-hybridized carbons (Fsp3) is 0.412. The molecule has 1 aromatic carbocycles. The Kier molecular flexibility index (Phi) is 3.88. The molecule has 1 fully saturated rings. The van der Waals surface area contributed by atoms with E-state index in [0.29, 0.717) is 25.8 Å². The van der Waals surface area contributed by atoms with Crippen LogP contribution < -0.4 is 9.80 Å². The third-order valence-corrected chi connectivity index (χ3v) is 4.52. The van der Waals surface area contributed by atoms with E-state index in [1.165, 1.54) is 0 Å². The molecular weight excluding hydrogens is 280 g/mol. The summed E-state index contributed by atoms with van der Waals surface area (Å²) in [6.07, 6.45) is 3.52. The Balaban J connectivity index is 1.76. The van der Waals surface area contributed by atoms with Crippen molar-refractivity contribution in [2.24, 2.45) is 5.92 Å². The number of carbonyl (C=O) groups excluding carboxylic acids is 1. The number of anilines is 2. The van der Waals surface area contributed by atoms with Crippen molar-refractivity contribution in [1.29, 1.82) is 0 Å². The highest BCUT2D eigenvalue weighted by Gasteiger charge is 2.28. The molecule has 22 heavy (non-hydrogen) atoms. The molecule has 0 saturated carbocycles. The summed E-state index contributed by atoms with van der Waals surface area (Å²) in [5.41, 5.74) is 3.09. The Hall–Kier alpha value is -2.30. The molecule has 5 nitrogen and oxygen atoms in total. The number of carboxylic acids is 1. The van der Waals surface area contributed by atoms with E-state index in [0.717, 1.165) is 30.0 Å². The second-order valence-electron chi connectivity index (χ2n) is 5.88. The smallest absolute Gasteiger partial charge is 0.306 e. The SMILES string of the molecule is C=CCN1C(=O)Cc2cc(N3CCC(C(=O)O)CC3)ccc21. The minimum absolute atomic E-state index is 0.108. The monoisotopic (exact) mass is 300 g/mol. The van der Waals surface area contributed by atoms with Gasteiger partial charge in [-0.05, 0) is 36.6 Å². The van der Waals surface area contributed by atoms with Gasteiger partial charge in [-0.15, -0.1) is 6.58 Å². The van der Waals surface area contributed by atoms with Crippen LogP contribution in [0, 0.1) is 5.92 Å². The summed E-state index contributed by atoms with van der Waals surface area (Å²) in [6, 6.07) is 6.08. The maximum absolute atomic E-state index is 12.0. The lowest BCUT2D eigenvalue weighted by atomic mass is 9.96. The molecular formula is C17H20N2O3. The van der Waals surface area contributed by atoms with Crippen LogP contribution in [0.4, 0.5) is 11.4 Å². The van der Waals surface area contributed by atoms with Crippen LogP contribution in [-0.4, -0.2) is 36.6 Å². The molecule has 2 heterocycles. The Morgan fingerprint density at radius 2 is 2.09 bits per heavy atom. The average molecular weight is 300 g/mol. The van der Waals surface area contributed by atoms with Crippen molar-refractivity contribution in [3.63, 3.8) is 0 Å². The maximum Gasteiger partial charge on any atom is 0.306 e. The standard InChI is InChI=1S/C17H20N2O3/c1-2-7-19-15-4-3-14(10-13(15)11-16(19)20)18-8-5-12(6-9-18)17(21)22/h2-4,10,12H,1,5-9,11H2,(H,21,22). The maximum atomic E-state index is 12.0. The van der Waals surface area contributed by atoms with Crippen LogP contribution in [0.2, 0.25) is 0 Å². The molecule has 2 aliphatic rings. The van der Waals surface area contributed by atoms with Crippen LogP contribution in [-0.2, 0) is 16.0 Å². The van der Waals surface area contributed by atoms with Gasteiger partial charge in [0.05, 0.1) is 12.3 Å². The van der Waals surface area contributed by atoms with Crippen LogP contribution in [0.3, 0.4) is 0 Å². The fourth-order valence-corrected chi connectivity index (χ4v) is 3.28. The van der Waals surface area contributed by atoms with Crippen molar-refractivity contribution in [2.75, 3.05) is 29.4 Å². The molecule has 1 saturated heterocycles. The molecule has 0 bridgehead atoms. The van der Waals surface area contributed by atoms with Crippen molar-refractivity contribution in [2.45, 2.75) is 19.3 Å². The summed E-state index contributed by atoms with van der Waals surface area (Å²) in [6.45, 7) is 5.73. The van der Waals surface area contributed by atoms with Crippen LogP contribution in [0.5, 0.6) is 0 Å². The number of benzene rings is 1. The van der Waals surface area contributed by atoms with Gasteiger partial charge in [0, 0.05) is 31.0 Å².